The normalized spacial score (nSPS) is 11.1. The molecule has 3 rings (SSSR count). The van der Waals surface area contributed by atoms with Crippen LogP contribution in [0.5, 0.6) is 11.6 Å². The maximum Gasteiger partial charge on any atom is 0.360 e. The van der Waals surface area contributed by atoms with Gasteiger partial charge in [-0.05, 0) is 30.5 Å². The molecule has 0 aliphatic heterocycles. The second-order valence-corrected chi connectivity index (χ2v) is 7.13. The van der Waals surface area contributed by atoms with Crippen molar-refractivity contribution >= 4 is 17.5 Å². The lowest BCUT2D eigenvalue weighted by Crippen LogP contribution is -2.12. The molecule has 0 radical (unpaired) electrons. The van der Waals surface area contributed by atoms with Crippen LogP contribution in [0, 0.1) is 0 Å². The zero-order valence-electron chi connectivity index (χ0n) is 16.4. The highest BCUT2D eigenvalue weighted by atomic mass is 16.5. The van der Waals surface area contributed by atoms with Crippen LogP contribution in [0.15, 0.2) is 53.2 Å². The van der Waals surface area contributed by atoms with Crippen LogP contribution < -0.4 is 10.1 Å². The summed E-state index contributed by atoms with van der Waals surface area (Å²) in [6.07, 6.45) is 1.64. The van der Waals surface area contributed by atoms with Gasteiger partial charge in [0.25, 0.3) is 0 Å². The third-order valence-corrected chi connectivity index (χ3v) is 3.93. The molecule has 0 aliphatic rings. The summed E-state index contributed by atoms with van der Waals surface area (Å²) in [6, 6.07) is 12.9. The molecule has 2 aromatic heterocycles. The molecule has 1 N–H and O–H groups in total. The van der Waals surface area contributed by atoms with Gasteiger partial charge in [-0.2, -0.15) is 0 Å². The molecule has 0 bridgehead atoms. The van der Waals surface area contributed by atoms with E-state index in [1.165, 1.54) is 6.07 Å². The molecule has 0 saturated carbocycles. The van der Waals surface area contributed by atoms with Crippen LogP contribution in [-0.2, 0) is 10.2 Å². The smallest absolute Gasteiger partial charge is 0.360 e. The Balaban J connectivity index is 1.84. The number of hydrogen-bond donors (Lipinski definition) is 1. The summed E-state index contributed by atoms with van der Waals surface area (Å²) in [5, 5.41) is 6.76. The van der Waals surface area contributed by atoms with E-state index in [0.29, 0.717) is 11.6 Å². The molecule has 28 heavy (non-hydrogen) atoms. The summed E-state index contributed by atoms with van der Waals surface area (Å²) in [6.45, 7) is 8.36. The van der Waals surface area contributed by atoms with Gasteiger partial charge in [-0.15, -0.1) is 0 Å². The Kier molecular flexibility index (Phi) is 5.63. The first-order valence-corrected chi connectivity index (χ1v) is 9.01. The van der Waals surface area contributed by atoms with E-state index in [0.717, 1.165) is 11.3 Å². The van der Waals surface area contributed by atoms with Crippen molar-refractivity contribution in [3.8, 4) is 11.6 Å². The second kappa shape index (κ2) is 8.12. The largest absolute Gasteiger partial charge is 0.461 e. The Morgan fingerprint density at radius 3 is 2.71 bits per heavy atom. The number of anilines is 2. The van der Waals surface area contributed by atoms with Gasteiger partial charge in [-0.1, -0.05) is 44.1 Å². The van der Waals surface area contributed by atoms with Gasteiger partial charge >= 0.3 is 5.97 Å². The molecule has 3 aromatic rings. The third-order valence-electron chi connectivity index (χ3n) is 3.93. The maximum absolute atomic E-state index is 11.7. The van der Waals surface area contributed by atoms with Crippen LogP contribution in [0.25, 0.3) is 0 Å². The van der Waals surface area contributed by atoms with Crippen LogP contribution in [0.2, 0.25) is 0 Å². The lowest BCUT2D eigenvalue weighted by molar-refractivity contribution is 0.0514. The number of pyridine rings is 1. The lowest BCUT2D eigenvalue weighted by Gasteiger charge is -2.22. The first-order chi connectivity index (χ1) is 13.4. The van der Waals surface area contributed by atoms with E-state index in [-0.39, 0.29) is 23.6 Å². The summed E-state index contributed by atoms with van der Waals surface area (Å²) >= 11 is 0. The van der Waals surface area contributed by atoms with Gasteiger partial charge in [0.05, 0.1) is 6.61 Å². The van der Waals surface area contributed by atoms with E-state index in [2.05, 4.69) is 36.2 Å². The van der Waals surface area contributed by atoms with Gasteiger partial charge in [0, 0.05) is 17.8 Å². The fourth-order valence-corrected chi connectivity index (χ4v) is 2.61. The van der Waals surface area contributed by atoms with Crippen molar-refractivity contribution in [1.29, 1.82) is 0 Å². The molecule has 0 aliphatic carbocycles. The molecule has 146 valence electrons. The summed E-state index contributed by atoms with van der Waals surface area (Å²) in [5.74, 6) is 0.848. The summed E-state index contributed by atoms with van der Waals surface area (Å²) in [5.41, 5.74) is 1.65. The molecule has 7 nitrogen and oxygen atoms in total. The minimum atomic E-state index is -0.541. The van der Waals surface area contributed by atoms with E-state index < -0.39 is 5.97 Å². The molecule has 0 saturated heterocycles. The highest BCUT2D eigenvalue weighted by Crippen LogP contribution is 2.36. The summed E-state index contributed by atoms with van der Waals surface area (Å²) in [7, 11) is 0. The van der Waals surface area contributed by atoms with E-state index in [1.807, 2.05) is 24.3 Å². The van der Waals surface area contributed by atoms with Crippen molar-refractivity contribution in [2.45, 2.75) is 33.1 Å². The third kappa shape index (κ3) is 4.49. The highest BCUT2D eigenvalue weighted by molar-refractivity contribution is 5.88. The number of carbonyl (C=O) groups excluding carboxylic acids is 1. The molecule has 0 fully saturated rings. The van der Waals surface area contributed by atoms with Gasteiger partial charge in [-0.3, -0.25) is 0 Å². The van der Waals surface area contributed by atoms with Crippen molar-refractivity contribution < 1.29 is 18.8 Å². The number of para-hydroxylation sites is 1. The number of ether oxygens (including phenoxy) is 2. The molecule has 0 amide bonds. The predicted molar refractivity (Wildman–Crippen MR) is 105 cm³/mol. The number of hydrogen-bond acceptors (Lipinski definition) is 7. The number of esters is 1. The first-order valence-electron chi connectivity index (χ1n) is 9.01. The monoisotopic (exact) mass is 381 g/mol. The predicted octanol–water partition coefficient (Wildman–Crippen LogP) is 5.08. The molecular formula is C21H23N3O4. The topological polar surface area (TPSA) is 86.5 Å². The molecule has 7 heteroatoms. The van der Waals surface area contributed by atoms with E-state index in [9.17, 15) is 4.79 Å². The number of nitrogens with one attached hydrogen (secondary N) is 1. The fourth-order valence-electron chi connectivity index (χ4n) is 2.61. The van der Waals surface area contributed by atoms with Gasteiger partial charge in [-0.25, -0.2) is 9.78 Å². The number of carbonyl (C=O) groups is 1. The van der Waals surface area contributed by atoms with Crippen LogP contribution in [0.1, 0.15) is 43.7 Å². The summed E-state index contributed by atoms with van der Waals surface area (Å²) in [4.78, 5) is 16.1. The quantitative estimate of drug-likeness (QED) is 0.596. The Morgan fingerprint density at radius 1 is 1.18 bits per heavy atom. The van der Waals surface area contributed by atoms with Crippen LogP contribution in [-0.4, -0.2) is 22.7 Å². The Morgan fingerprint density at radius 2 is 1.96 bits per heavy atom. The zero-order valence-corrected chi connectivity index (χ0v) is 16.4. The Bertz CT molecular complexity index is 960. The fraction of sp³-hybridized carbons (Fsp3) is 0.286. The van der Waals surface area contributed by atoms with Crippen LogP contribution in [0.4, 0.5) is 11.6 Å². The number of nitrogens with zero attached hydrogens (tertiary/aromatic N) is 2. The maximum atomic E-state index is 11.7. The van der Waals surface area contributed by atoms with Crippen LogP contribution in [0.3, 0.4) is 0 Å². The second-order valence-electron chi connectivity index (χ2n) is 7.13. The van der Waals surface area contributed by atoms with Crippen molar-refractivity contribution in [2.75, 3.05) is 11.9 Å². The van der Waals surface area contributed by atoms with E-state index in [1.54, 1.807) is 25.3 Å². The first kappa shape index (κ1) is 19.4. The minimum Gasteiger partial charge on any atom is -0.461 e. The minimum absolute atomic E-state index is 0.0849. The van der Waals surface area contributed by atoms with Crippen molar-refractivity contribution in [3.63, 3.8) is 0 Å². The standard InChI is InChI=1S/C21H23N3O4/c1-5-26-20(25)16-13-18(28-24-16)23-15-10-8-12-22-19(15)27-17-11-7-6-9-14(17)21(2,3)4/h6-13,23H,5H2,1-4H3. The highest BCUT2D eigenvalue weighted by Gasteiger charge is 2.20. The zero-order chi connectivity index (χ0) is 20.1. The molecule has 0 spiro atoms. The van der Waals surface area contributed by atoms with E-state index >= 15 is 0 Å². The lowest BCUT2D eigenvalue weighted by atomic mass is 9.86. The molecule has 2 heterocycles. The van der Waals surface area contributed by atoms with Gasteiger partial charge in [0.15, 0.2) is 5.69 Å². The van der Waals surface area contributed by atoms with E-state index in [4.69, 9.17) is 14.0 Å². The number of rotatable bonds is 6. The van der Waals surface area contributed by atoms with Gasteiger partial charge in [0.1, 0.15) is 11.4 Å². The van der Waals surface area contributed by atoms with Crippen molar-refractivity contribution in [1.82, 2.24) is 10.1 Å². The average molecular weight is 381 g/mol. The van der Waals surface area contributed by atoms with Crippen molar-refractivity contribution in [2.24, 2.45) is 0 Å². The van der Waals surface area contributed by atoms with Crippen molar-refractivity contribution in [3.05, 3.63) is 59.9 Å². The number of benzene rings is 1. The molecule has 0 unspecified atom stereocenters. The average Bonchev–Trinajstić information content (AvgIpc) is 3.12. The molecular weight excluding hydrogens is 358 g/mol. The number of aromatic nitrogens is 2. The van der Waals surface area contributed by atoms with Gasteiger partial charge < -0.3 is 19.3 Å². The molecule has 0 atom stereocenters. The van der Waals surface area contributed by atoms with Gasteiger partial charge in [0.2, 0.25) is 11.8 Å². The van der Waals surface area contributed by atoms with Crippen LogP contribution >= 0.6 is 0 Å². The molecule has 1 aromatic carbocycles. The Hall–Kier alpha value is -3.35. The summed E-state index contributed by atoms with van der Waals surface area (Å²) < 4.78 is 16.2. The SMILES string of the molecule is CCOC(=O)c1cc(Nc2cccnc2Oc2ccccc2C(C)(C)C)on1. The Labute approximate surface area is 163 Å².